The molecule has 1 fully saturated rings. The summed E-state index contributed by atoms with van der Waals surface area (Å²) >= 11 is 0. The predicted octanol–water partition coefficient (Wildman–Crippen LogP) is 8.63. The van der Waals surface area contributed by atoms with Gasteiger partial charge in [-0.05, 0) is 71.4 Å². The van der Waals surface area contributed by atoms with E-state index in [1.165, 1.54) is 56.9 Å². The average Bonchev–Trinajstić information content (AvgIpc) is 2.75. The molecule has 0 saturated heterocycles. The molecule has 2 heteroatoms. The Morgan fingerprint density at radius 2 is 1.77 bits per heavy atom. The first-order valence-electron chi connectivity index (χ1n) is 12.3. The Balaban J connectivity index is 1.83. The van der Waals surface area contributed by atoms with Crippen molar-refractivity contribution in [2.75, 3.05) is 0 Å². The molecule has 1 unspecified atom stereocenters. The van der Waals surface area contributed by atoms with Gasteiger partial charge in [0.1, 0.15) is 0 Å². The van der Waals surface area contributed by atoms with Crippen molar-refractivity contribution in [3.63, 3.8) is 0 Å². The molecule has 168 valence electrons. The topological polar surface area (TPSA) is 37.3 Å². The van der Waals surface area contributed by atoms with Crippen LogP contribution in [0.2, 0.25) is 0 Å². The van der Waals surface area contributed by atoms with Crippen molar-refractivity contribution in [1.82, 2.24) is 0 Å². The Bertz CT molecular complexity index is 874. The summed E-state index contributed by atoms with van der Waals surface area (Å²) < 4.78 is 0. The number of aryl methyl sites for hydroxylation is 1. The van der Waals surface area contributed by atoms with Gasteiger partial charge in [0, 0.05) is 0 Å². The van der Waals surface area contributed by atoms with E-state index in [9.17, 15) is 9.90 Å². The SMILES string of the molecule is CCC(c1ccc(C(=O)O)c(-c2ccccc2C)c1)C(C)(C)CCCC1CCCCC1. The van der Waals surface area contributed by atoms with Gasteiger partial charge in [-0.1, -0.05) is 96.0 Å². The zero-order valence-corrected chi connectivity index (χ0v) is 19.9. The smallest absolute Gasteiger partial charge is 0.336 e. The van der Waals surface area contributed by atoms with Crippen molar-refractivity contribution in [3.8, 4) is 11.1 Å². The van der Waals surface area contributed by atoms with Gasteiger partial charge in [-0.2, -0.15) is 0 Å². The lowest BCUT2D eigenvalue weighted by Crippen LogP contribution is -2.22. The Labute approximate surface area is 189 Å². The van der Waals surface area contributed by atoms with Crippen LogP contribution in [0.3, 0.4) is 0 Å². The summed E-state index contributed by atoms with van der Waals surface area (Å²) in [5.41, 5.74) is 4.83. The van der Waals surface area contributed by atoms with Gasteiger partial charge in [-0.15, -0.1) is 0 Å². The summed E-state index contributed by atoms with van der Waals surface area (Å²) in [5.74, 6) is 0.501. The maximum Gasteiger partial charge on any atom is 0.336 e. The second-order valence-corrected chi connectivity index (χ2v) is 10.3. The first-order chi connectivity index (χ1) is 14.8. The quantitative estimate of drug-likeness (QED) is 0.441. The Morgan fingerprint density at radius 3 is 2.42 bits per heavy atom. The molecule has 0 radical (unpaired) electrons. The molecule has 1 aliphatic rings. The van der Waals surface area contributed by atoms with Crippen LogP contribution in [0, 0.1) is 18.3 Å². The highest BCUT2D eigenvalue weighted by Gasteiger charge is 2.30. The number of benzene rings is 2. The van der Waals surface area contributed by atoms with Crippen LogP contribution in [0.15, 0.2) is 42.5 Å². The molecular weight excluding hydrogens is 380 g/mol. The summed E-state index contributed by atoms with van der Waals surface area (Å²) in [5, 5.41) is 9.80. The van der Waals surface area contributed by atoms with Crippen LogP contribution in [-0.4, -0.2) is 11.1 Å². The van der Waals surface area contributed by atoms with Crippen LogP contribution in [0.1, 0.15) is 106 Å². The molecule has 1 atom stereocenters. The van der Waals surface area contributed by atoms with Crippen molar-refractivity contribution in [2.45, 2.75) is 91.4 Å². The molecule has 1 saturated carbocycles. The van der Waals surface area contributed by atoms with Crippen LogP contribution in [0.5, 0.6) is 0 Å². The third kappa shape index (κ3) is 5.79. The molecule has 0 spiro atoms. The summed E-state index contributed by atoms with van der Waals surface area (Å²) in [7, 11) is 0. The fraction of sp³-hybridized carbons (Fsp3) is 0.552. The predicted molar refractivity (Wildman–Crippen MR) is 131 cm³/mol. The minimum Gasteiger partial charge on any atom is -0.478 e. The van der Waals surface area contributed by atoms with Crippen molar-refractivity contribution in [3.05, 3.63) is 59.2 Å². The molecule has 0 aliphatic heterocycles. The van der Waals surface area contributed by atoms with E-state index in [2.05, 4.69) is 45.9 Å². The van der Waals surface area contributed by atoms with Gasteiger partial charge in [-0.25, -0.2) is 4.79 Å². The molecule has 31 heavy (non-hydrogen) atoms. The highest BCUT2D eigenvalue weighted by molar-refractivity contribution is 5.96. The van der Waals surface area contributed by atoms with E-state index in [0.29, 0.717) is 11.5 Å². The van der Waals surface area contributed by atoms with Crippen LogP contribution in [-0.2, 0) is 0 Å². The van der Waals surface area contributed by atoms with Crippen LogP contribution < -0.4 is 0 Å². The fourth-order valence-electron chi connectivity index (χ4n) is 5.80. The van der Waals surface area contributed by atoms with E-state index in [0.717, 1.165) is 29.0 Å². The molecule has 2 aromatic rings. The number of carboxylic acids is 1. The second kappa shape index (κ2) is 10.5. The van der Waals surface area contributed by atoms with E-state index >= 15 is 0 Å². The van der Waals surface area contributed by atoms with Crippen LogP contribution in [0.25, 0.3) is 11.1 Å². The lowest BCUT2D eigenvalue weighted by atomic mass is 9.69. The van der Waals surface area contributed by atoms with Gasteiger partial charge in [0.05, 0.1) is 5.56 Å². The molecule has 2 aromatic carbocycles. The van der Waals surface area contributed by atoms with Crippen molar-refractivity contribution in [1.29, 1.82) is 0 Å². The van der Waals surface area contributed by atoms with E-state index < -0.39 is 5.97 Å². The Kier molecular flexibility index (Phi) is 7.97. The van der Waals surface area contributed by atoms with Crippen LogP contribution >= 0.6 is 0 Å². The molecule has 1 aliphatic carbocycles. The highest BCUT2D eigenvalue weighted by atomic mass is 16.4. The van der Waals surface area contributed by atoms with Crippen molar-refractivity contribution < 1.29 is 9.90 Å². The third-order valence-electron chi connectivity index (χ3n) is 7.62. The largest absolute Gasteiger partial charge is 0.478 e. The van der Waals surface area contributed by atoms with Crippen LogP contribution in [0.4, 0.5) is 0 Å². The second-order valence-electron chi connectivity index (χ2n) is 10.3. The standard InChI is InChI=1S/C29H40O2/c1-5-27(29(3,4)19-11-15-22-13-7-6-8-14-22)23-17-18-25(28(30)31)26(20-23)24-16-10-9-12-21(24)2/h9-10,12,16-18,20,22,27H,5-8,11,13-15,19H2,1-4H3,(H,30,31). The number of hydrogen-bond acceptors (Lipinski definition) is 1. The van der Waals surface area contributed by atoms with Gasteiger partial charge in [0.25, 0.3) is 0 Å². The lowest BCUT2D eigenvalue weighted by Gasteiger charge is -2.35. The molecule has 0 heterocycles. The number of aromatic carboxylic acids is 1. The maximum atomic E-state index is 11.9. The molecule has 2 nitrogen and oxygen atoms in total. The normalized spacial score (nSPS) is 16.3. The Morgan fingerprint density at radius 1 is 1.06 bits per heavy atom. The van der Waals surface area contributed by atoms with E-state index in [1.807, 2.05) is 24.3 Å². The zero-order chi connectivity index (χ0) is 22.4. The molecular formula is C29H40O2. The summed E-state index contributed by atoms with van der Waals surface area (Å²) in [4.78, 5) is 11.9. The third-order valence-corrected chi connectivity index (χ3v) is 7.62. The number of rotatable bonds is 9. The van der Waals surface area contributed by atoms with Crippen molar-refractivity contribution in [2.24, 2.45) is 11.3 Å². The maximum absolute atomic E-state index is 11.9. The lowest BCUT2D eigenvalue weighted by molar-refractivity contribution is 0.0697. The van der Waals surface area contributed by atoms with Gasteiger partial charge < -0.3 is 5.11 Å². The Hall–Kier alpha value is -2.09. The highest BCUT2D eigenvalue weighted by Crippen LogP contribution is 2.44. The molecule has 0 bridgehead atoms. The van der Waals surface area contributed by atoms with Gasteiger partial charge in [0.15, 0.2) is 0 Å². The number of carboxylic acid groups (broad SMARTS) is 1. The molecule has 1 N–H and O–H groups in total. The van der Waals surface area contributed by atoms with Crippen molar-refractivity contribution >= 4 is 5.97 Å². The first kappa shape index (κ1) is 23.6. The van der Waals surface area contributed by atoms with E-state index in [4.69, 9.17) is 0 Å². The summed E-state index contributed by atoms with van der Waals surface area (Å²) in [6.07, 6.45) is 12.1. The number of carbonyl (C=O) groups is 1. The average molecular weight is 421 g/mol. The minimum atomic E-state index is -0.857. The number of hydrogen-bond donors (Lipinski definition) is 1. The molecule has 0 amide bonds. The van der Waals surface area contributed by atoms with Gasteiger partial charge in [-0.3, -0.25) is 0 Å². The van der Waals surface area contributed by atoms with Gasteiger partial charge >= 0.3 is 5.97 Å². The minimum absolute atomic E-state index is 0.192. The summed E-state index contributed by atoms with van der Waals surface area (Å²) in [6.45, 7) is 9.13. The van der Waals surface area contributed by atoms with Gasteiger partial charge in [0.2, 0.25) is 0 Å². The fourth-order valence-corrected chi connectivity index (χ4v) is 5.80. The van der Waals surface area contributed by atoms with E-state index in [1.54, 1.807) is 0 Å². The van der Waals surface area contributed by atoms with E-state index in [-0.39, 0.29) is 5.41 Å². The first-order valence-corrected chi connectivity index (χ1v) is 12.3. The monoisotopic (exact) mass is 420 g/mol. The summed E-state index contributed by atoms with van der Waals surface area (Å²) in [6, 6.07) is 14.1. The molecule has 0 aromatic heterocycles. The zero-order valence-electron chi connectivity index (χ0n) is 19.9. The molecule has 3 rings (SSSR count).